The third kappa shape index (κ3) is 3.21. The molecule has 3 aliphatic rings. The molecule has 3 aliphatic heterocycles. The van der Waals surface area contributed by atoms with Crippen LogP contribution in [0.25, 0.3) is 0 Å². The minimum absolute atomic E-state index is 0.246. The number of fused-ring (bicyclic) bond motifs is 1. The number of benzene rings is 1. The van der Waals surface area contributed by atoms with Gasteiger partial charge in [-0.3, -0.25) is 4.79 Å². The first kappa shape index (κ1) is 16.1. The molecule has 0 bridgehead atoms. The first-order valence-electron chi connectivity index (χ1n) is 9.14. The van der Waals surface area contributed by atoms with Gasteiger partial charge in [0, 0.05) is 51.1 Å². The Kier molecular flexibility index (Phi) is 4.57. The Bertz CT molecular complexity index is 588. The van der Waals surface area contributed by atoms with Gasteiger partial charge in [-0.25, -0.2) is 0 Å². The fourth-order valence-electron chi connectivity index (χ4n) is 4.08. The molecule has 5 heteroatoms. The van der Waals surface area contributed by atoms with Gasteiger partial charge in [-0.2, -0.15) is 0 Å². The van der Waals surface area contributed by atoms with E-state index in [0.717, 1.165) is 57.5 Å². The van der Waals surface area contributed by atoms with Crippen molar-refractivity contribution in [3.8, 4) is 0 Å². The van der Waals surface area contributed by atoms with E-state index in [2.05, 4.69) is 23.1 Å². The molecule has 0 unspecified atom stereocenters. The van der Waals surface area contributed by atoms with Crippen LogP contribution in [0.5, 0.6) is 0 Å². The normalized spacial score (nSPS) is 23.4. The summed E-state index contributed by atoms with van der Waals surface area (Å²) in [5, 5.41) is 0. The van der Waals surface area contributed by atoms with E-state index in [1.165, 1.54) is 5.56 Å². The fraction of sp³-hybridized carbons (Fsp3) is 0.632. The predicted molar refractivity (Wildman–Crippen MR) is 92.0 cm³/mol. The number of likely N-dealkylation sites (tertiary alicyclic amines) is 1. The molecule has 1 aromatic rings. The maximum atomic E-state index is 12.7. The average molecular weight is 330 g/mol. The summed E-state index contributed by atoms with van der Waals surface area (Å²) in [5.41, 5.74) is 2.41. The second kappa shape index (κ2) is 6.82. The Hall–Kier alpha value is -1.43. The molecule has 2 saturated heterocycles. The number of aryl methyl sites for hydroxylation is 1. The van der Waals surface area contributed by atoms with Crippen LogP contribution in [-0.2, 0) is 20.7 Å². The van der Waals surface area contributed by atoms with Crippen molar-refractivity contribution in [2.45, 2.75) is 37.9 Å². The molecule has 0 atom stereocenters. The van der Waals surface area contributed by atoms with Crippen LogP contribution in [0, 0.1) is 0 Å². The fourth-order valence-corrected chi connectivity index (χ4v) is 4.08. The van der Waals surface area contributed by atoms with Gasteiger partial charge < -0.3 is 19.3 Å². The molecule has 1 amide bonds. The summed E-state index contributed by atoms with van der Waals surface area (Å²) in [7, 11) is 0. The van der Waals surface area contributed by atoms with Crippen LogP contribution in [0.4, 0.5) is 5.69 Å². The number of carbonyl (C=O) groups excluding carboxylic acids is 1. The molecule has 2 fully saturated rings. The summed E-state index contributed by atoms with van der Waals surface area (Å²) in [5.74, 6) is -0.0810. The van der Waals surface area contributed by atoms with Crippen LogP contribution in [0.15, 0.2) is 24.3 Å². The van der Waals surface area contributed by atoms with Crippen molar-refractivity contribution < 1.29 is 14.3 Å². The van der Waals surface area contributed by atoms with Crippen molar-refractivity contribution in [3.63, 3.8) is 0 Å². The molecule has 4 rings (SSSR count). The van der Waals surface area contributed by atoms with Crippen molar-refractivity contribution in [1.29, 1.82) is 0 Å². The van der Waals surface area contributed by atoms with Gasteiger partial charge in [0.15, 0.2) is 5.79 Å². The molecule has 0 N–H and O–H groups in total. The number of ether oxygens (including phenoxy) is 2. The smallest absolute Gasteiger partial charge is 0.228 e. The highest BCUT2D eigenvalue weighted by molar-refractivity contribution is 5.94. The van der Waals surface area contributed by atoms with Crippen LogP contribution in [0.1, 0.15) is 31.2 Å². The Morgan fingerprint density at radius 1 is 1.08 bits per heavy atom. The monoisotopic (exact) mass is 330 g/mol. The molecule has 0 saturated carbocycles. The largest absolute Gasteiger partial charge is 0.347 e. The van der Waals surface area contributed by atoms with Crippen molar-refractivity contribution in [3.05, 3.63) is 29.8 Å². The first-order valence-corrected chi connectivity index (χ1v) is 9.14. The van der Waals surface area contributed by atoms with E-state index in [1.807, 2.05) is 11.0 Å². The van der Waals surface area contributed by atoms with Gasteiger partial charge >= 0.3 is 0 Å². The van der Waals surface area contributed by atoms with E-state index < -0.39 is 0 Å². The Morgan fingerprint density at radius 2 is 1.83 bits per heavy atom. The van der Waals surface area contributed by atoms with Crippen LogP contribution in [0.2, 0.25) is 0 Å². The van der Waals surface area contributed by atoms with Gasteiger partial charge in [-0.15, -0.1) is 0 Å². The molecule has 3 heterocycles. The number of amides is 1. The third-order valence-corrected chi connectivity index (χ3v) is 5.48. The second-order valence-corrected chi connectivity index (χ2v) is 6.98. The summed E-state index contributed by atoms with van der Waals surface area (Å²) in [6, 6.07) is 8.30. The van der Waals surface area contributed by atoms with Crippen molar-refractivity contribution in [2.24, 2.45) is 0 Å². The SMILES string of the molecule is O=C(CCN1CCC2(CC1)OCCO2)N1CCCc2ccccc21. The van der Waals surface area contributed by atoms with E-state index in [4.69, 9.17) is 9.47 Å². The summed E-state index contributed by atoms with van der Waals surface area (Å²) < 4.78 is 11.5. The number of carbonyl (C=O) groups is 1. The summed E-state index contributed by atoms with van der Waals surface area (Å²) in [6.45, 7) is 5.00. The maximum absolute atomic E-state index is 12.7. The van der Waals surface area contributed by atoms with Gasteiger partial charge in [0.1, 0.15) is 0 Å². The molecule has 0 aliphatic carbocycles. The van der Waals surface area contributed by atoms with Gasteiger partial charge in [-0.1, -0.05) is 18.2 Å². The molecular weight excluding hydrogens is 304 g/mol. The van der Waals surface area contributed by atoms with Crippen LogP contribution < -0.4 is 4.90 Å². The van der Waals surface area contributed by atoms with Gasteiger partial charge in [0.25, 0.3) is 0 Å². The minimum Gasteiger partial charge on any atom is -0.347 e. The Balaban J connectivity index is 1.30. The molecule has 24 heavy (non-hydrogen) atoms. The highest BCUT2D eigenvalue weighted by Gasteiger charge is 2.39. The molecule has 0 aromatic heterocycles. The van der Waals surface area contributed by atoms with Gasteiger partial charge in [-0.05, 0) is 24.5 Å². The zero-order valence-electron chi connectivity index (χ0n) is 14.2. The number of anilines is 1. The number of hydrogen-bond donors (Lipinski definition) is 0. The standard InChI is InChI=1S/C19H26N2O3/c22-18(21-10-3-5-16-4-1-2-6-17(16)21)7-11-20-12-8-19(9-13-20)23-14-15-24-19/h1-2,4,6H,3,5,7-15H2. The third-order valence-electron chi connectivity index (χ3n) is 5.48. The summed E-state index contributed by atoms with van der Waals surface area (Å²) in [6.07, 6.45) is 4.54. The van der Waals surface area contributed by atoms with E-state index in [0.29, 0.717) is 19.6 Å². The predicted octanol–water partition coefficient (Wildman–Crippen LogP) is 2.19. The van der Waals surface area contributed by atoms with Crippen molar-refractivity contribution >= 4 is 11.6 Å². The van der Waals surface area contributed by atoms with Gasteiger partial charge in [0.05, 0.1) is 13.2 Å². The zero-order chi connectivity index (χ0) is 16.4. The zero-order valence-corrected chi connectivity index (χ0v) is 14.2. The number of hydrogen-bond acceptors (Lipinski definition) is 4. The van der Waals surface area contributed by atoms with Crippen molar-refractivity contribution in [1.82, 2.24) is 4.90 Å². The van der Waals surface area contributed by atoms with E-state index in [9.17, 15) is 4.79 Å². The number of nitrogens with zero attached hydrogens (tertiary/aromatic N) is 2. The lowest BCUT2D eigenvalue weighted by atomic mass is 10.0. The van der Waals surface area contributed by atoms with Crippen molar-refractivity contribution in [2.75, 3.05) is 44.3 Å². The van der Waals surface area contributed by atoms with Crippen LogP contribution in [0.3, 0.4) is 0 Å². The summed E-state index contributed by atoms with van der Waals surface area (Å²) >= 11 is 0. The van der Waals surface area contributed by atoms with Crippen LogP contribution in [-0.4, -0.2) is 56.0 Å². The lowest BCUT2D eigenvalue weighted by Crippen LogP contribution is -2.46. The quantitative estimate of drug-likeness (QED) is 0.852. The average Bonchev–Trinajstić information content (AvgIpc) is 3.09. The number of rotatable bonds is 3. The molecule has 1 aromatic carbocycles. The Morgan fingerprint density at radius 3 is 2.62 bits per heavy atom. The molecule has 5 nitrogen and oxygen atoms in total. The van der Waals surface area contributed by atoms with E-state index in [1.54, 1.807) is 0 Å². The molecule has 130 valence electrons. The van der Waals surface area contributed by atoms with Gasteiger partial charge in [0.2, 0.25) is 5.91 Å². The second-order valence-electron chi connectivity index (χ2n) is 6.98. The highest BCUT2D eigenvalue weighted by Crippen LogP contribution is 2.31. The van der Waals surface area contributed by atoms with E-state index in [-0.39, 0.29) is 11.7 Å². The van der Waals surface area contributed by atoms with Crippen LogP contribution >= 0.6 is 0 Å². The molecular formula is C19H26N2O3. The van der Waals surface area contributed by atoms with E-state index >= 15 is 0 Å². The number of para-hydroxylation sites is 1. The highest BCUT2D eigenvalue weighted by atomic mass is 16.7. The lowest BCUT2D eigenvalue weighted by Gasteiger charge is -2.37. The number of piperidine rings is 1. The topological polar surface area (TPSA) is 42.0 Å². The summed E-state index contributed by atoms with van der Waals surface area (Å²) in [4.78, 5) is 17.0. The maximum Gasteiger partial charge on any atom is 0.228 e. The molecule has 1 spiro atoms. The lowest BCUT2D eigenvalue weighted by molar-refractivity contribution is -0.185. The molecule has 0 radical (unpaired) electrons. The Labute approximate surface area is 143 Å². The first-order chi connectivity index (χ1) is 11.8. The minimum atomic E-state index is -0.327.